The number of alkyl halides is 3. The predicted molar refractivity (Wildman–Crippen MR) is 127 cm³/mol. The van der Waals surface area contributed by atoms with Crippen molar-refractivity contribution >= 4 is 5.91 Å². The van der Waals surface area contributed by atoms with Gasteiger partial charge in [0.2, 0.25) is 0 Å². The minimum absolute atomic E-state index is 0.0851. The average Bonchev–Trinajstić information content (AvgIpc) is 3.40. The van der Waals surface area contributed by atoms with Gasteiger partial charge in [0, 0.05) is 25.9 Å². The molecule has 190 valence electrons. The van der Waals surface area contributed by atoms with Gasteiger partial charge in [-0.1, -0.05) is 24.3 Å². The molecule has 0 N–H and O–H groups in total. The first-order valence-corrected chi connectivity index (χ1v) is 11.6. The van der Waals surface area contributed by atoms with E-state index in [-0.39, 0.29) is 31.4 Å². The number of carbonyl (C=O) groups is 1. The molecule has 0 saturated carbocycles. The Morgan fingerprint density at radius 3 is 2.61 bits per heavy atom. The molecule has 4 rings (SSSR count). The second kappa shape index (κ2) is 11.4. The van der Waals surface area contributed by atoms with E-state index in [1.807, 2.05) is 18.2 Å². The monoisotopic (exact) mass is 500 g/mol. The van der Waals surface area contributed by atoms with Crippen molar-refractivity contribution in [3.63, 3.8) is 0 Å². The van der Waals surface area contributed by atoms with Crippen molar-refractivity contribution in [2.75, 3.05) is 20.3 Å². The Kier molecular flexibility index (Phi) is 8.10. The summed E-state index contributed by atoms with van der Waals surface area (Å²) in [6, 6.07) is 15.6. The van der Waals surface area contributed by atoms with Gasteiger partial charge in [0.05, 0.1) is 30.0 Å². The fraction of sp³-hybridized carbons (Fsp3) is 0.333. The van der Waals surface area contributed by atoms with Crippen molar-refractivity contribution in [1.82, 2.24) is 9.88 Å². The highest BCUT2D eigenvalue weighted by Crippen LogP contribution is 2.33. The zero-order chi connectivity index (χ0) is 25.5. The molecule has 9 heteroatoms. The lowest BCUT2D eigenvalue weighted by atomic mass is 10.0. The van der Waals surface area contributed by atoms with Gasteiger partial charge in [-0.2, -0.15) is 13.2 Å². The maximum Gasteiger partial charge on any atom is 0.417 e. The number of aromatic nitrogens is 1. The molecule has 0 unspecified atom stereocenters. The molecule has 6 nitrogen and oxygen atoms in total. The highest BCUT2D eigenvalue weighted by Gasteiger charge is 2.36. The highest BCUT2D eigenvalue weighted by atomic mass is 19.4. The van der Waals surface area contributed by atoms with Crippen LogP contribution < -0.4 is 9.47 Å². The van der Waals surface area contributed by atoms with E-state index >= 15 is 0 Å². The zero-order valence-electron chi connectivity index (χ0n) is 19.8. The second-order valence-corrected chi connectivity index (χ2v) is 8.46. The Morgan fingerprint density at radius 1 is 1.11 bits per heavy atom. The number of hydrogen-bond acceptors (Lipinski definition) is 5. The first-order chi connectivity index (χ1) is 17.3. The number of pyridine rings is 1. The largest absolute Gasteiger partial charge is 0.493 e. The molecule has 1 aliphatic rings. The number of hydrogen-bond donors (Lipinski definition) is 0. The maximum atomic E-state index is 13.6. The van der Waals surface area contributed by atoms with Crippen LogP contribution in [0.15, 0.2) is 66.9 Å². The molecule has 0 spiro atoms. The Hall–Kier alpha value is -3.59. The summed E-state index contributed by atoms with van der Waals surface area (Å²) in [4.78, 5) is 19.0. The summed E-state index contributed by atoms with van der Waals surface area (Å²) in [5, 5.41) is 0. The van der Waals surface area contributed by atoms with Crippen LogP contribution in [0, 0.1) is 0 Å². The van der Waals surface area contributed by atoms with Crippen molar-refractivity contribution in [2.24, 2.45) is 0 Å². The van der Waals surface area contributed by atoms with Crippen LogP contribution in [-0.2, 0) is 24.1 Å². The van der Waals surface area contributed by atoms with Gasteiger partial charge < -0.3 is 19.1 Å². The SMILES string of the molecule is COc1cc(CN(C[C@H]2CCCO2)C(=O)c2ccccc2C(F)(F)F)ccc1OCc1ccccn1. The summed E-state index contributed by atoms with van der Waals surface area (Å²) >= 11 is 0. The van der Waals surface area contributed by atoms with E-state index in [9.17, 15) is 18.0 Å². The molecular weight excluding hydrogens is 473 g/mol. The Balaban J connectivity index is 1.57. The predicted octanol–water partition coefficient (Wildman–Crippen LogP) is 5.51. The molecule has 2 heterocycles. The van der Waals surface area contributed by atoms with Crippen molar-refractivity contribution in [1.29, 1.82) is 0 Å². The third-order valence-electron chi connectivity index (χ3n) is 5.90. The number of nitrogens with zero attached hydrogens (tertiary/aromatic N) is 2. The highest BCUT2D eigenvalue weighted by molar-refractivity contribution is 5.96. The number of carbonyl (C=O) groups excluding carboxylic acids is 1. The molecular formula is C27H27F3N2O4. The van der Waals surface area contributed by atoms with Crippen molar-refractivity contribution in [2.45, 2.75) is 38.3 Å². The van der Waals surface area contributed by atoms with Gasteiger partial charge in [0.15, 0.2) is 11.5 Å². The van der Waals surface area contributed by atoms with Crippen LogP contribution in [0.3, 0.4) is 0 Å². The molecule has 1 aliphatic heterocycles. The van der Waals surface area contributed by atoms with Crippen molar-refractivity contribution in [3.8, 4) is 11.5 Å². The van der Waals surface area contributed by atoms with E-state index in [0.717, 1.165) is 24.6 Å². The molecule has 36 heavy (non-hydrogen) atoms. The van der Waals surface area contributed by atoms with Crippen LogP contribution in [0.4, 0.5) is 13.2 Å². The zero-order valence-corrected chi connectivity index (χ0v) is 19.8. The van der Waals surface area contributed by atoms with Crippen LogP contribution in [0.5, 0.6) is 11.5 Å². The van der Waals surface area contributed by atoms with Gasteiger partial charge in [-0.25, -0.2) is 0 Å². The van der Waals surface area contributed by atoms with Crippen LogP contribution in [0.25, 0.3) is 0 Å². The first kappa shape index (κ1) is 25.5. The summed E-state index contributed by atoms with van der Waals surface area (Å²) in [6.07, 6.45) is -1.60. The fourth-order valence-corrected chi connectivity index (χ4v) is 4.13. The molecule has 0 radical (unpaired) electrons. The first-order valence-electron chi connectivity index (χ1n) is 11.6. The molecule has 1 atom stereocenters. The minimum atomic E-state index is -4.64. The topological polar surface area (TPSA) is 60.9 Å². The Labute approximate surface area is 207 Å². The van der Waals surface area contributed by atoms with E-state index in [1.165, 1.54) is 30.2 Å². The van der Waals surface area contributed by atoms with Crippen LogP contribution in [0.2, 0.25) is 0 Å². The van der Waals surface area contributed by atoms with Gasteiger partial charge in [0.1, 0.15) is 6.61 Å². The molecule has 1 aromatic heterocycles. The second-order valence-electron chi connectivity index (χ2n) is 8.46. The fourth-order valence-electron chi connectivity index (χ4n) is 4.13. The minimum Gasteiger partial charge on any atom is -0.493 e. The quantitative estimate of drug-likeness (QED) is 0.388. The van der Waals surface area contributed by atoms with Gasteiger partial charge in [-0.15, -0.1) is 0 Å². The van der Waals surface area contributed by atoms with E-state index < -0.39 is 17.6 Å². The van der Waals surface area contributed by atoms with E-state index in [0.29, 0.717) is 23.7 Å². The molecule has 0 aliphatic carbocycles. The van der Waals surface area contributed by atoms with Crippen molar-refractivity contribution in [3.05, 3.63) is 89.2 Å². The standard InChI is InChI=1S/C27H27F3N2O4/c1-34-25-15-19(11-12-24(25)36-18-20-7-4-5-13-31-20)16-32(17-21-8-6-14-35-21)26(33)22-9-2-3-10-23(22)27(28,29)30/h2-5,7,9-13,15,21H,6,8,14,16-18H2,1H3/t21-/m1/s1. The molecule has 3 aromatic rings. The van der Waals surface area contributed by atoms with E-state index in [1.54, 1.807) is 24.4 Å². The number of rotatable bonds is 9. The number of benzene rings is 2. The van der Waals surface area contributed by atoms with Gasteiger partial charge in [-0.05, 0) is 54.8 Å². The van der Waals surface area contributed by atoms with E-state index in [2.05, 4.69) is 4.98 Å². The lowest BCUT2D eigenvalue weighted by molar-refractivity contribution is -0.138. The van der Waals surface area contributed by atoms with Crippen molar-refractivity contribution < 1.29 is 32.2 Å². The van der Waals surface area contributed by atoms with Gasteiger partial charge >= 0.3 is 6.18 Å². The molecule has 1 fully saturated rings. The van der Waals surface area contributed by atoms with Crippen LogP contribution in [0.1, 0.15) is 40.0 Å². The lowest BCUT2D eigenvalue weighted by Gasteiger charge is -2.27. The summed E-state index contributed by atoms with van der Waals surface area (Å²) < 4.78 is 57.8. The van der Waals surface area contributed by atoms with Crippen LogP contribution in [-0.4, -0.2) is 42.2 Å². The number of amides is 1. The van der Waals surface area contributed by atoms with Crippen LogP contribution >= 0.6 is 0 Å². The Bertz CT molecular complexity index is 1170. The maximum absolute atomic E-state index is 13.6. The van der Waals surface area contributed by atoms with Gasteiger partial charge in [0.25, 0.3) is 5.91 Å². The third kappa shape index (κ3) is 6.34. The summed E-state index contributed by atoms with van der Waals surface area (Å²) in [5.74, 6) is 0.239. The Morgan fingerprint density at radius 2 is 1.92 bits per heavy atom. The van der Waals surface area contributed by atoms with Gasteiger partial charge in [-0.3, -0.25) is 9.78 Å². The number of halogens is 3. The summed E-state index contributed by atoms with van der Waals surface area (Å²) in [6.45, 7) is 1.09. The molecule has 1 amide bonds. The normalized spacial score (nSPS) is 15.5. The summed E-state index contributed by atoms with van der Waals surface area (Å²) in [7, 11) is 1.50. The third-order valence-corrected chi connectivity index (χ3v) is 5.90. The number of ether oxygens (including phenoxy) is 3. The summed E-state index contributed by atoms with van der Waals surface area (Å²) in [5.41, 5.74) is 0.0987. The average molecular weight is 501 g/mol. The van der Waals surface area contributed by atoms with E-state index in [4.69, 9.17) is 14.2 Å². The lowest BCUT2D eigenvalue weighted by Crippen LogP contribution is -2.37. The number of methoxy groups -OCH3 is 1. The smallest absolute Gasteiger partial charge is 0.417 e. The molecule has 0 bridgehead atoms. The molecule has 1 saturated heterocycles. The molecule has 2 aromatic carbocycles.